The Hall–Kier alpha value is -0.0151. The maximum Gasteiger partial charge on any atom is 0.183 e. The van der Waals surface area contributed by atoms with Gasteiger partial charge in [0, 0.05) is 18.6 Å². The van der Waals surface area contributed by atoms with Crippen LogP contribution in [0.15, 0.2) is 0 Å². The minimum Gasteiger partial charge on any atom is -0.349 e. The Morgan fingerprint density at radius 3 is 2.27 bits per heavy atom. The van der Waals surface area contributed by atoms with Gasteiger partial charge in [0.1, 0.15) is 0 Å². The fourth-order valence-corrected chi connectivity index (χ4v) is 1.89. The Morgan fingerprint density at radius 2 is 1.91 bits per heavy atom. The fraction of sp³-hybridized carbons (Fsp3) is 1.00. The van der Waals surface area contributed by atoms with Crippen LogP contribution in [0.25, 0.3) is 0 Å². The van der Waals surface area contributed by atoms with Gasteiger partial charge in [0.25, 0.3) is 0 Å². The van der Waals surface area contributed by atoms with E-state index in [2.05, 4.69) is 11.9 Å². The van der Waals surface area contributed by atoms with Crippen molar-refractivity contribution in [1.29, 1.82) is 0 Å². The summed E-state index contributed by atoms with van der Waals surface area (Å²) in [5.74, 6) is 0. The first-order valence-corrected chi connectivity index (χ1v) is 4.50. The van der Waals surface area contributed by atoms with Crippen LogP contribution in [0.3, 0.4) is 0 Å². The van der Waals surface area contributed by atoms with Gasteiger partial charge in [0.2, 0.25) is 0 Å². The lowest BCUT2D eigenvalue weighted by atomic mass is 9.97. The molecule has 2 aliphatic rings. The van der Waals surface area contributed by atoms with Crippen molar-refractivity contribution in [2.45, 2.75) is 32.4 Å². The molecule has 2 saturated heterocycles. The second kappa shape index (κ2) is 3.59. The van der Waals surface area contributed by atoms with Crippen LogP contribution in [0.1, 0.15) is 20.3 Å². The van der Waals surface area contributed by atoms with Gasteiger partial charge in [-0.05, 0) is 20.0 Å². The van der Waals surface area contributed by atoms with Crippen molar-refractivity contribution in [2.24, 2.45) is 0 Å². The van der Waals surface area contributed by atoms with Crippen LogP contribution in [0, 0.1) is 0 Å². The molecule has 0 bridgehead atoms. The minimum atomic E-state index is 0.676. The molecule has 2 radical (unpaired) electrons. The third-order valence-corrected chi connectivity index (χ3v) is 2.59. The quantitative estimate of drug-likeness (QED) is 0.466. The van der Waals surface area contributed by atoms with Gasteiger partial charge in [-0.1, -0.05) is 13.8 Å². The van der Waals surface area contributed by atoms with E-state index in [1.54, 1.807) is 0 Å². The molecule has 2 aliphatic heterocycles. The van der Waals surface area contributed by atoms with Gasteiger partial charge in [-0.15, -0.1) is 0 Å². The SMILES string of the molecule is CC.[B]N1CC[C@@H]2[C@H]1CN2C. The standard InChI is InChI=1S/C6H11BN2.C2H6/c1-8-4-6-5(8)2-3-9(6)7;1-2/h5-6H,2-4H2,1H3;1-2H3/t5-,6-;/m1./s1. The molecule has 0 spiro atoms. The van der Waals surface area contributed by atoms with Crippen LogP contribution < -0.4 is 0 Å². The maximum absolute atomic E-state index is 5.69. The summed E-state index contributed by atoms with van der Waals surface area (Å²) in [6, 6.07) is 1.45. The topological polar surface area (TPSA) is 6.48 Å². The van der Waals surface area contributed by atoms with Crippen molar-refractivity contribution in [2.75, 3.05) is 20.1 Å². The lowest BCUT2D eigenvalue weighted by Crippen LogP contribution is -2.59. The number of nitrogens with zero attached hydrogens (tertiary/aromatic N) is 2. The normalized spacial score (nSPS) is 37.0. The summed E-state index contributed by atoms with van der Waals surface area (Å²) in [6.07, 6.45) is 1.26. The Bertz CT molecular complexity index is 127. The molecule has 0 N–H and O–H groups in total. The van der Waals surface area contributed by atoms with E-state index in [0.29, 0.717) is 6.04 Å². The lowest BCUT2D eigenvalue weighted by molar-refractivity contribution is 0.0782. The maximum atomic E-state index is 5.69. The van der Waals surface area contributed by atoms with Crippen molar-refractivity contribution in [1.82, 2.24) is 9.71 Å². The number of hydrogen-bond donors (Lipinski definition) is 0. The summed E-state index contributed by atoms with van der Waals surface area (Å²) in [5.41, 5.74) is 0. The van der Waals surface area contributed by atoms with Crippen molar-refractivity contribution < 1.29 is 0 Å². The first-order valence-electron chi connectivity index (χ1n) is 4.50. The van der Waals surface area contributed by atoms with E-state index >= 15 is 0 Å². The molecule has 0 unspecified atom stereocenters. The van der Waals surface area contributed by atoms with Crippen molar-refractivity contribution in [3.63, 3.8) is 0 Å². The first kappa shape index (κ1) is 9.08. The number of likely N-dealkylation sites (N-methyl/N-ethyl adjacent to an activating group) is 1. The molecule has 2 nitrogen and oxygen atoms in total. The van der Waals surface area contributed by atoms with Crippen LogP contribution in [-0.4, -0.2) is 49.9 Å². The monoisotopic (exact) mass is 152 g/mol. The zero-order chi connectivity index (χ0) is 8.43. The fourth-order valence-electron chi connectivity index (χ4n) is 1.89. The molecule has 11 heavy (non-hydrogen) atoms. The zero-order valence-corrected chi connectivity index (χ0v) is 7.75. The Morgan fingerprint density at radius 1 is 1.27 bits per heavy atom. The number of rotatable bonds is 0. The molecule has 2 atom stereocenters. The van der Waals surface area contributed by atoms with E-state index in [9.17, 15) is 0 Å². The summed E-state index contributed by atoms with van der Waals surface area (Å²) in [4.78, 5) is 4.35. The highest BCUT2D eigenvalue weighted by Gasteiger charge is 2.42. The number of fused-ring (bicyclic) bond motifs is 1. The highest BCUT2D eigenvalue weighted by Crippen LogP contribution is 2.28. The van der Waals surface area contributed by atoms with Crippen LogP contribution in [0.4, 0.5) is 0 Å². The molecule has 0 aromatic heterocycles. The van der Waals surface area contributed by atoms with Gasteiger partial charge in [-0.3, -0.25) is 0 Å². The predicted molar refractivity (Wildman–Crippen MR) is 48.6 cm³/mol. The smallest absolute Gasteiger partial charge is 0.183 e. The predicted octanol–water partition coefficient (Wildman–Crippen LogP) is 0.484. The van der Waals surface area contributed by atoms with Gasteiger partial charge >= 0.3 is 0 Å². The van der Waals surface area contributed by atoms with E-state index in [0.717, 1.165) is 12.6 Å². The first-order chi connectivity index (χ1) is 5.29. The Labute approximate surface area is 71.0 Å². The van der Waals surface area contributed by atoms with Crippen molar-refractivity contribution in [3.8, 4) is 0 Å². The molecule has 0 saturated carbocycles. The van der Waals surface area contributed by atoms with E-state index < -0.39 is 0 Å². The molecule has 3 heteroatoms. The van der Waals surface area contributed by atoms with E-state index in [4.69, 9.17) is 7.98 Å². The average molecular weight is 152 g/mol. The third kappa shape index (κ3) is 1.45. The molecular weight excluding hydrogens is 135 g/mol. The van der Waals surface area contributed by atoms with Gasteiger partial charge in [-0.25, -0.2) is 0 Å². The van der Waals surface area contributed by atoms with Crippen LogP contribution in [0.2, 0.25) is 0 Å². The highest BCUT2D eigenvalue weighted by atomic mass is 15.3. The number of hydrogen-bond acceptors (Lipinski definition) is 2. The molecule has 0 aromatic rings. The summed E-state index contributed by atoms with van der Waals surface area (Å²) >= 11 is 0. The van der Waals surface area contributed by atoms with Crippen LogP contribution in [0.5, 0.6) is 0 Å². The molecule has 2 rings (SSSR count). The summed E-state index contributed by atoms with van der Waals surface area (Å²) in [7, 11) is 7.86. The highest BCUT2D eigenvalue weighted by molar-refractivity contribution is 6.04. The van der Waals surface area contributed by atoms with Gasteiger partial charge in [-0.2, -0.15) is 0 Å². The van der Waals surface area contributed by atoms with E-state index in [1.165, 1.54) is 13.0 Å². The zero-order valence-electron chi connectivity index (χ0n) is 7.75. The average Bonchev–Trinajstić information content (AvgIpc) is 2.31. The lowest BCUT2D eigenvalue weighted by Gasteiger charge is -2.44. The third-order valence-electron chi connectivity index (χ3n) is 2.59. The van der Waals surface area contributed by atoms with Crippen LogP contribution >= 0.6 is 0 Å². The van der Waals surface area contributed by atoms with E-state index in [-0.39, 0.29) is 0 Å². The second-order valence-electron chi connectivity index (χ2n) is 3.10. The van der Waals surface area contributed by atoms with Crippen molar-refractivity contribution >= 4 is 7.98 Å². The molecule has 0 aromatic carbocycles. The molecule has 0 amide bonds. The Kier molecular flexibility index (Phi) is 2.96. The second-order valence-corrected chi connectivity index (χ2v) is 3.10. The van der Waals surface area contributed by atoms with Crippen molar-refractivity contribution in [3.05, 3.63) is 0 Å². The van der Waals surface area contributed by atoms with E-state index in [1.807, 2.05) is 18.7 Å². The minimum absolute atomic E-state index is 0.676. The molecule has 62 valence electrons. The largest absolute Gasteiger partial charge is 0.349 e. The van der Waals surface area contributed by atoms with Gasteiger partial charge in [0.15, 0.2) is 7.98 Å². The summed E-state index contributed by atoms with van der Waals surface area (Å²) < 4.78 is 0. The molecular formula is C8H17BN2. The van der Waals surface area contributed by atoms with Gasteiger partial charge in [0.05, 0.1) is 0 Å². The van der Waals surface area contributed by atoms with Crippen LogP contribution in [-0.2, 0) is 0 Å². The molecule has 2 heterocycles. The summed E-state index contributed by atoms with van der Waals surface area (Å²) in [6.45, 7) is 6.25. The molecule has 0 aliphatic carbocycles. The summed E-state index contributed by atoms with van der Waals surface area (Å²) in [5, 5.41) is 0. The molecule has 2 fully saturated rings. The number of likely N-dealkylation sites (tertiary alicyclic amines) is 1. The van der Waals surface area contributed by atoms with Gasteiger partial charge < -0.3 is 9.71 Å². The Balaban J connectivity index is 0.000000281.